The van der Waals surface area contributed by atoms with Crippen LogP contribution in [0.1, 0.15) is 12.0 Å². The topological polar surface area (TPSA) is 45.6 Å². The molecule has 1 aromatic heterocycles. The second-order valence-corrected chi connectivity index (χ2v) is 5.90. The van der Waals surface area contributed by atoms with E-state index in [0.717, 1.165) is 40.3 Å². The quantitative estimate of drug-likeness (QED) is 0.947. The Morgan fingerprint density at radius 1 is 1.38 bits per heavy atom. The smallest absolute Gasteiger partial charge is 0.129 e. The fraction of sp³-hybridized carbons (Fsp3) is 0.438. The number of aliphatic hydroxyl groups is 1. The van der Waals surface area contributed by atoms with E-state index >= 15 is 0 Å². The van der Waals surface area contributed by atoms with Crippen LogP contribution < -0.4 is 4.90 Å². The van der Waals surface area contributed by atoms with E-state index in [9.17, 15) is 5.11 Å². The molecule has 1 fully saturated rings. The van der Waals surface area contributed by atoms with Crippen molar-refractivity contribution >= 4 is 28.3 Å². The molecule has 2 aromatic rings. The van der Waals surface area contributed by atoms with Gasteiger partial charge >= 0.3 is 0 Å². The largest absolute Gasteiger partial charge is 0.394 e. The number of benzene rings is 1. The number of ether oxygens (including phenoxy) is 1. The van der Waals surface area contributed by atoms with Crippen molar-refractivity contribution in [2.45, 2.75) is 25.5 Å². The molecule has 1 N–H and O–H groups in total. The number of rotatable bonds is 3. The van der Waals surface area contributed by atoms with Gasteiger partial charge in [0.2, 0.25) is 0 Å². The van der Waals surface area contributed by atoms with Crippen LogP contribution in [0.3, 0.4) is 0 Å². The fourth-order valence-corrected chi connectivity index (χ4v) is 3.11. The van der Waals surface area contributed by atoms with Crippen molar-refractivity contribution in [2.24, 2.45) is 0 Å². The Kier molecular flexibility index (Phi) is 4.02. The monoisotopic (exact) mass is 306 g/mol. The van der Waals surface area contributed by atoms with Crippen LogP contribution in [0, 0.1) is 6.92 Å². The number of aryl methyl sites for hydroxylation is 1. The van der Waals surface area contributed by atoms with Gasteiger partial charge in [-0.05, 0) is 37.1 Å². The van der Waals surface area contributed by atoms with Crippen LogP contribution >= 0.6 is 11.6 Å². The first-order valence-electron chi connectivity index (χ1n) is 7.10. The molecule has 2 atom stereocenters. The van der Waals surface area contributed by atoms with E-state index < -0.39 is 0 Å². The van der Waals surface area contributed by atoms with E-state index in [-0.39, 0.29) is 18.8 Å². The first-order chi connectivity index (χ1) is 10.1. The molecular formula is C16H19ClN2O2. The molecule has 0 unspecified atom stereocenters. The number of anilines is 1. The summed E-state index contributed by atoms with van der Waals surface area (Å²) in [5.41, 5.74) is 1.90. The lowest BCUT2D eigenvalue weighted by Gasteiger charge is -2.24. The minimum atomic E-state index is 0.0550. The van der Waals surface area contributed by atoms with Crippen molar-refractivity contribution in [1.82, 2.24) is 4.98 Å². The number of aliphatic hydroxyl groups excluding tert-OH is 1. The molecule has 21 heavy (non-hydrogen) atoms. The minimum Gasteiger partial charge on any atom is -0.394 e. The third-order valence-corrected chi connectivity index (χ3v) is 4.66. The first kappa shape index (κ1) is 14.6. The molecule has 2 heterocycles. The lowest BCUT2D eigenvalue weighted by atomic mass is 10.1. The second kappa shape index (κ2) is 5.79. The summed E-state index contributed by atoms with van der Waals surface area (Å²) in [5, 5.41) is 11.4. The van der Waals surface area contributed by atoms with Gasteiger partial charge in [0, 0.05) is 24.1 Å². The second-order valence-electron chi connectivity index (χ2n) is 5.50. The van der Waals surface area contributed by atoms with Crippen LogP contribution in [-0.4, -0.2) is 42.5 Å². The molecule has 0 bridgehead atoms. The van der Waals surface area contributed by atoms with Crippen molar-refractivity contribution in [1.29, 1.82) is 0 Å². The van der Waals surface area contributed by atoms with Crippen LogP contribution in [0.5, 0.6) is 0 Å². The maximum absolute atomic E-state index is 9.58. The highest BCUT2D eigenvalue weighted by atomic mass is 35.5. The molecule has 1 aliphatic heterocycles. The summed E-state index contributed by atoms with van der Waals surface area (Å²) in [6, 6.07) is 7.98. The zero-order chi connectivity index (χ0) is 15.0. The number of nitrogens with zero attached hydrogens (tertiary/aromatic N) is 2. The van der Waals surface area contributed by atoms with E-state index in [1.165, 1.54) is 0 Å². The third-order valence-electron chi connectivity index (χ3n) is 4.25. The van der Waals surface area contributed by atoms with E-state index in [2.05, 4.69) is 11.0 Å². The summed E-state index contributed by atoms with van der Waals surface area (Å²) in [5.74, 6) is 0.867. The van der Waals surface area contributed by atoms with Gasteiger partial charge in [0.25, 0.3) is 0 Å². The van der Waals surface area contributed by atoms with Crippen LogP contribution in [0.2, 0.25) is 5.02 Å². The van der Waals surface area contributed by atoms with Gasteiger partial charge in [0.05, 0.1) is 24.3 Å². The number of pyridine rings is 1. The molecule has 0 spiro atoms. The van der Waals surface area contributed by atoms with Gasteiger partial charge in [-0.3, -0.25) is 0 Å². The first-order valence-corrected chi connectivity index (χ1v) is 7.48. The van der Waals surface area contributed by atoms with Gasteiger partial charge in [-0.25, -0.2) is 4.98 Å². The molecule has 5 heteroatoms. The minimum absolute atomic E-state index is 0.0550. The number of halogens is 1. The van der Waals surface area contributed by atoms with Gasteiger partial charge in [0.15, 0.2) is 0 Å². The van der Waals surface area contributed by atoms with Crippen molar-refractivity contribution in [3.8, 4) is 0 Å². The van der Waals surface area contributed by atoms with Crippen molar-refractivity contribution < 1.29 is 9.84 Å². The van der Waals surface area contributed by atoms with Crippen LogP contribution in [0.25, 0.3) is 10.9 Å². The van der Waals surface area contributed by atoms with Crippen molar-refractivity contribution in [3.63, 3.8) is 0 Å². The van der Waals surface area contributed by atoms with Crippen LogP contribution in [-0.2, 0) is 4.74 Å². The Bertz CT molecular complexity index is 662. The molecule has 0 saturated carbocycles. The van der Waals surface area contributed by atoms with Gasteiger partial charge < -0.3 is 14.7 Å². The summed E-state index contributed by atoms with van der Waals surface area (Å²) < 4.78 is 5.42. The lowest BCUT2D eigenvalue weighted by molar-refractivity contribution is 0.115. The Labute approximate surface area is 129 Å². The molecule has 1 saturated heterocycles. The van der Waals surface area contributed by atoms with Crippen molar-refractivity contribution in [3.05, 3.63) is 34.9 Å². The predicted molar refractivity (Wildman–Crippen MR) is 85.1 cm³/mol. The van der Waals surface area contributed by atoms with Gasteiger partial charge in [-0.15, -0.1) is 0 Å². The molecular weight excluding hydrogens is 288 g/mol. The highest BCUT2D eigenvalue weighted by Gasteiger charge is 2.32. The average molecular weight is 307 g/mol. The van der Waals surface area contributed by atoms with E-state index in [1.54, 1.807) is 7.11 Å². The van der Waals surface area contributed by atoms with Gasteiger partial charge in [-0.2, -0.15) is 0 Å². The molecule has 0 aliphatic carbocycles. The van der Waals surface area contributed by atoms with Gasteiger partial charge in [0.1, 0.15) is 5.82 Å². The van der Waals surface area contributed by atoms with Crippen LogP contribution in [0.15, 0.2) is 24.3 Å². The standard InChI is InChI=1S/C16H19ClN2O2/c1-10-14(17)5-3-11-4-6-15(18-16(10)11)19-8-13(21-2)7-12(19)9-20/h3-6,12-13,20H,7-9H2,1-2H3/t12-,13-/m0/s1. The van der Waals surface area contributed by atoms with E-state index in [4.69, 9.17) is 21.3 Å². The van der Waals surface area contributed by atoms with E-state index in [1.807, 2.05) is 25.1 Å². The number of hydrogen-bond donors (Lipinski definition) is 1. The Balaban J connectivity index is 2.02. The third kappa shape index (κ3) is 2.59. The summed E-state index contributed by atoms with van der Waals surface area (Å²) in [4.78, 5) is 6.88. The van der Waals surface area contributed by atoms with Crippen LogP contribution in [0.4, 0.5) is 5.82 Å². The molecule has 3 rings (SSSR count). The lowest BCUT2D eigenvalue weighted by Crippen LogP contribution is -2.33. The number of aromatic nitrogens is 1. The summed E-state index contributed by atoms with van der Waals surface area (Å²) in [7, 11) is 1.71. The molecule has 1 aliphatic rings. The highest BCUT2D eigenvalue weighted by Crippen LogP contribution is 2.30. The van der Waals surface area contributed by atoms with Gasteiger partial charge in [-0.1, -0.05) is 17.7 Å². The molecule has 4 nitrogen and oxygen atoms in total. The Morgan fingerprint density at radius 3 is 2.86 bits per heavy atom. The van der Waals surface area contributed by atoms with E-state index in [0.29, 0.717) is 0 Å². The summed E-state index contributed by atoms with van der Waals surface area (Å²) in [6.07, 6.45) is 0.960. The maximum atomic E-state index is 9.58. The molecule has 0 amide bonds. The zero-order valence-electron chi connectivity index (χ0n) is 12.2. The normalized spacial score (nSPS) is 22.2. The highest BCUT2D eigenvalue weighted by molar-refractivity contribution is 6.32. The molecule has 112 valence electrons. The number of fused-ring (bicyclic) bond motifs is 1. The average Bonchev–Trinajstić information content (AvgIpc) is 2.94. The van der Waals surface area contributed by atoms with Crippen molar-refractivity contribution in [2.75, 3.05) is 25.2 Å². The number of hydrogen-bond acceptors (Lipinski definition) is 4. The predicted octanol–water partition coefficient (Wildman–Crippen LogP) is 2.78. The molecule has 0 radical (unpaired) electrons. The summed E-state index contributed by atoms with van der Waals surface area (Å²) >= 11 is 6.19. The Hall–Kier alpha value is -1.36. The Morgan fingerprint density at radius 2 is 2.14 bits per heavy atom. The fourth-order valence-electron chi connectivity index (χ4n) is 2.95. The summed E-state index contributed by atoms with van der Waals surface area (Å²) in [6.45, 7) is 2.83. The maximum Gasteiger partial charge on any atom is 0.129 e. The number of methoxy groups -OCH3 is 1. The molecule has 1 aromatic carbocycles. The SMILES string of the molecule is CO[C@H]1C[C@@H](CO)N(c2ccc3ccc(Cl)c(C)c3n2)C1. The zero-order valence-corrected chi connectivity index (χ0v) is 13.0.